The Hall–Kier alpha value is -3.25. The summed E-state index contributed by atoms with van der Waals surface area (Å²) in [4.78, 5) is 41.6. The topological polar surface area (TPSA) is 115 Å². The molecule has 2 aromatic rings. The number of amides is 4. The summed E-state index contributed by atoms with van der Waals surface area (Å²) in [5, 5.41) is 16.3. The highest BCUT2D eigenvalue weighted by atomic mass is 32.1. The van der Waals surface area contributed by atoms with Gasteiger partial charge in [0.1, 0.15) is 5.54 Å². The van der Waals surface area contributed by atoms with Gasteiger partial charge < -0.3 is 10.6 Å². The number of carbonyl (C=O) groups excluding carboxylic acids is 3. The van der Waals surface area contributed by atoms with Crippen LogP contribution in [0.2, 0.25) is 0 Å². The minimum Gasteiger partial charge on any atom is -0.319 e. The minimum atomic E-state index is -1.21. The molecule has 1 fully saturated rings. The quantitative estimate of drug-likeness (QED) is 0.799. The molecule has 4 amide bonds. The molecule has 0 spiro atoms. The maximum atomic E-state index is 12.9. The van der Waals surface area contributed by atoms with Crippen LogP contribution in [0.5, 0.6) is 0 Å². The molecule has 9 heteroatoms. The molecule has 1 aliphatic rings. The van der Waals surface area contributed by atoms with Gasteiger partial charge in [0.2, 0.25) is 5.91 Å². The number of nitrogens with one attached hydrogen (secondary N) is 2. The van der Waals surface area contributed by atoms with E-state index in [9.17, 15) is 14.4 Å². The largest absolute Gasteiger partial charge is 0.325 e. The Morgan fingerprint density at radius 3 is 2.69 bits per heavy atom. The van der Waals surface area contributed by atoms with E-state index >= 15 is 0 Å². The molecule has 3 rings (SSSR count). The molecule has 0 radical (unpaired) electrons. The Kier molecular flexibility index (Phi) is 4.44. The van der Waals surface area contributed by atoms with Gasteiger partial charge in [-0.1, -0.05) is 12.1 Å². The average Bonchev–Trinajstić information content (AvgIpc) is 3.13. The highest BCUT2D eigenvalue weighted by molar-refractivity contribution is 7.13. The van der Waals surface area contributed by atoms with Crippen LogP contribution in [0.3, 0.4) is 0 Å². The van der Waals surface area contributed by atoms with E-state index < -0.39 is 17.5 Å². The van der Waals surface area contributed by atoms with E-state index in [1.54, 1.807) is 36.6 Å². The number of benzene rings is 1. The smallest absolute Gasteiger partial charge is 0.319 e. The second kappa shape index (κ2) is 6.57. The Morgan fingerprint density at radius 2 is 2.08 bits per heavy atom. The van der Waals surface area contributed by atoms with E-state index in [0.29, 0.717) is 22.0 Å². The maximum Gasteiger partial charge on any atom is 0.325 e. The van der Waals surface area contributed by atoms with Crippen molar-refractivity contribution >= 4 is 34.3 Å². The molecule has 1 saturated heterocycles. The van der Waals surface area contributed by atoms with Crippen molar-refractivity contribution in [3.05, 3.63) is 46.5 Å². The molecule has 1 unspecified atom stereocenters. The van der Waals surface area contributed by atoms with E-state index in [-0.39, 0.29) is 12.5 Å². The standard InChI is InChI=1S/C17H15N5O3S/c1-10(23)19-15-20-13(9-26-15)8-22-14(24)17(2,21-16(22)25)12-5-3-11(7-18)4-6-12/h3-6,9H,8H2,1-2H3,(H,21,25)(H,19,20,23). The number of carbonyl (C=O) groups is 3. The first-order valence-electron chi connectivity index (χ1n) is 7.70. The summed E-state index contributed by atoms with van der Waals surface area (Å²) >= 11 is 1.22. The predicted molar refractivity (Wildman–Crippen MR) is 94.0 cm³/mol. The summed E-state index contributed by atoms with van der Waals surface area (Å²) in [6.45, 7) is 3.01. The molecular weight excluding hydrogens is 354 g/mol. The number of anilines is 1. The lowest BCUT2D eigenvalue weighted by Crippen LogP contribution is -2.40. The normalized spacial score (nSPS) is 19.2. The summed E-state index contributed by atoms with van der Waals surface area (Å²) in [6, 6.07) is 8.00. The minimum absolute atomic E-state index is 0.00657. The lowest BCUT2D eigenvalue weighted by atomic mass is 9.91. The molecule has 2 N–H and O–H groups in total. The Balaban J connectivity index is 1.81. The van der Waals surface area contributed by atoms with Crippen LogP contribution in [-0.2, 0) is 21.7 Å². The molecule has 1 aliphatic heterocycles. The first-order chi connectivity index (χ1) is 12.3. The van der Waals surface area contributed by atoms with Crippen molar-refractivity contribution in [1.29, 1.82) is 5.26 Å². The first kappa shape index (κ1) is 17.6. The SMILES string of the molecule is CC(=O)Nc1nc(CN2C(=O)NC(C)(c3ccc(C#N)cc3)C2=O)cs1. The maximum absolute atomic E-state index is 12.9. The third-order valence-corrected chi connectivity index (χ3v) is 4.83. The number of imide groups is 1. The lowest BCUT2D eigenvalue weighted by Gasteiger charge is -2.22. The summed E-state index contributed by atoms with van der Waals surface area (Å²) in [6.07, 6.45) is 0. The third kappa shape index (κ3) is 3.14. The second-order valence-corrected chi connectivity index (χ2v) is 6.82. The van der Waals surface area contributed by atoms with Gasteiger partial charge in [0.05, 0.1) is 23.9 Å². The van der Waals surface area contributed by atoms with E-state index in [0.717, 1.165) is 4.90 Å². The number of hydrogen-bond donors (Lipinski definition) is 2. The van der Waals surface area contributed by atoms with Gasteiger partial charge in [-0.25, -0.2) is 9.78 Å². The molecule has 26 heavy (non-hydrogen) atoms. The van der Waals surface area contributed by atoms with Crippen LogP contribution in [-0.4, -0.2) is 27.7 Å². The van der Waals surface area contributed by atoms with Crippen molar-refractivity contribution in [3.8, 4) is 6.07 Å². The van der Waals surface area contributed by atoms with Gasteiger partial charge in [0, 0.05) is 12.3 Å². The van der Waals surface area contributed by atoms with Gasteiger partial charge in [-0.15, -0.1) is 11.3 Å². The van der Waals surface area contributed by atoms with E-state index in [1.807, 2.05) is 6.07 Å². The number of thiazole rings is 1. The van der Waals surface area contributed by atoms with Crippen LogP contribution in [0.4, 0.5) is 9.93 Å². The van der Waals surface area contributed by atoms with Gasteiger partial charge in [-0.05, 0) is 24.6 Å². The van der Waals surface area contributed by atoms with Crippen molar-refractivity contribution < 1.29 is 14.4 Å². The molecule has 0 aliphatic carbocycles. The van der Waals surface area contributed by atoms with Gasteiger partial charge in [0.25, 0.3) is 5.91 Å². The average molecular weight is 369 g/mol. The zero-order chi connectivity index (χ0) is 18.9. The Labute approximate surface area is 153 Å². The number of rotatable bonds is 4. The zero-order valence-corrected chi connectivity index (χ0v) is 14.9. The van der Waals surface area contributed by atoms with Crippen molar-refractivity contribution in [2.24, 2.45) is 0 Å². The van der Waals surface area contributed by atoms with E-state index in [4.69, 9.17) is 5.26 Å². The summed E-state index contributed by atoms with van der Waals surface area (Å²) in [7, 11) is 0. The van der Waals surface area contributed by atoms with Crippen molar-refractivity contribution in [2.45, 2.75) is 25.9 Å². The van der Waals surface area contributed by atoms with Gasteiger partial charge in [-0.3, -0.25) is 14.5 Å². The molecule has 1 atom stereocenters. The highest BCUT2D eigenvalue weighted by Crippen LogP contribution is 2.30. The fourth-order valence-electron chi connectivity index (χ4n) is 2.66. The molecule has 1 aromatic carbocycles. The molecule has 0 saturated carbocycles. The molecule has 1 aromatic heterocycles. The Morgan fingerprint density at radius 1 is 1.38 bits per heavy atom. The van der Waals surface area contributed by atoms with Crippen LogP contribution >= 0.6 is 11.3 Å². The van der Waals surface area contributed by atoms with Crippen LogP contribution < -0.4 is 10.6 Å². The Bertz CT molecular complexity index is 931. The van der Waals surface area contributed by atoms with Crippen LogP contribution in [0, 0.1) is 11.3 Å². The van der Waals surface area contributed by atoms with Gasteiger partial charge >= 0.3 is 6.03 Å². The van der Waals surface area contributed by atoms with Crippen molar-refractivity contribution in [1.82, 2.24) is 15.2 Å². The zero-order valence-electron chi connectivity index (χ0n) is 14.1. The number of nitriles is 1. The summed E-state index contributed by atoms with van der Waals surface area (Å²) in [5.74, 6) is -0.643. The molecule has 8 nitrogen and oxygen atoms in total. The number of hydrogen-bond acceptors (Lipinski definition) is 6. The number of urea groups is 1. The van der Waals surface area contributed by atoms with Crippen LogP contribution in [0.15, 0.2) is 29.6 Å². The highest BCUT2D eigenvalue weighted by Gasteiger charge is 2.49. The molecular formula is C17H15N5O3S. The van der Waals surface area contributed by atoms with E-state index in [2.05, 4.69) is 15.6 Å². The fourth-order valence-corrected chi connectivity index (χ4v) is 3.41. The van der Waals surface area contributed by atoms with Crippen molar-refractivity contribution in [3.63, 3.8) is 0 Å². The van der Waals surface area contributed by atoms with Crippen molar-refractivity contribution in [2.75, 3.05) is 5.32 Å². The van der Waals surface area contributed by atoms with Gasteiger partial charge in [0.15, 0.2) is 5.13 Å². The number of nitrogens with zero attached hydrogens (tertiary/aromatic N) is 3. The monoisotopic (exact) mass is 369 g/mol. The first-order valence-corrected chi connectivity index (χ1v) is 8.58. The number of aromatic nitrogens is 1. The second-order valence-electron chi connectivity index (χ2n) is 5.96. The lowest BCUT2D eigenvalue weighted by molar-refractivity contribution is -0.131. The van der Waals surface area contributed by atoms with Crippen LogP contribution in [0.25, 0.3) is 0 Å². The van der Waals surface area contributed by atoms with Crippen LogP contribution in [0.1, 0.15) is 30.7 Å². The molecule has 2 heterocycles. The predicted octanol–water partition coefficient (Wildman–Crippen LogP) is 1.94. The third-order valence-electron chi connectivity index (χ3n) is 4.02. The van der Waals surface area contributed by atoms with E-state index in [1.165, 1.54) is 18.3 Å². The summed E-state index contributed by atoms with van der Waals surface area (Å²) < 4.78 is 0. The van der Waals surface area contributed by atoms with Gasteiger partial charge in [-0.2, -0.15) is 5.26 Å². The molecule has 0 bridgehead atoms. The summed E-state index contributed by atoms with van der Waals surface area (Å²) in [5.41, 5.74) is 0.363. The fraction of sp³-hybridized carbons (Fsp3) is 0.235. The molecule has 132 valence electrons.